The molecule has 2 aromatic heterocycles. The predicted octanol–water partition coefficient (Wildman–Crippen LogP) is 1.99. The molecule has 0 saturated carbocycles. The third-order valence-corrected chi connectivity index (χ3v) is 2.89. The van der Waals surface area contributed by atoms with Gasteiger partial charge in [-0.1, -0.05) is 18.2 Å². The molecule has 3 aromatic rings. The molecule has 0 bridgehead atoms. The minimum absolute atomic E-state index is 0.0177. The molecule has 0 aliphatic heterocycles. The van der Waals surface area contributed by atoms with E-state index in [1.807, 2.05) is 6.07 Å². The Balaban J connectivity index is 2.31. The van der Waals surface area contributed by atoms with Crippen LogP contribution in [0, 0.1) is 11.3 Å². The molecule has 1 aromatic carbocycles. The third-order valence-electron chi connectivity index (χ3n) is 2.89. The number of pyridine rings is 1. The summed E-state index contributed by atoms with van der Waals surface area (Å²) in [6, 6.07) is 12.2. The summed E-state index contributed by atoms with van der Waals surface area (Å²) >= 11 is 0. The first-order valence-corrected chi connectivity index (χ1v) is 5.78. The van der Waals surface area contributed by atoms with Gasteiger partial charge in [0.05, 0.1) is 11.2 Å². The smallest absolute Gasteiger partial charge is 0.357 e. The van der Waals surface area contributed by atoms with Crippen molar-refractivity contribution in [3.05, 3.63) is 54.0 Å². The molecule has 6 heteroatoms. The van der Waals surface area contributed by atoms with Gasteiger partial charge in [-0.05, 0) is 12.1 Å². The molecule has 0 aliphatic carbocycles. The Bertz CT molecular complexity index is 861. The maximum absolute atomic E-state index is 11.2. The van der Waals surface area contributed by atoms with Gasteiger partial charge < -0.3 is 5.11 Å². The van der Waals surface area contributed by atoms with Crippen LogP contribution in [0.15, 0.2) is 42.6 Å². The minimum Gasteiger partial charge on any atom is -0.476 e. The fourth-order valence-electron chi connectivity index (χ4n) is 2.03. The second-order valence-electron chi connectivity index (χ2n) is 4.09. The molecule has 2 heterocycles. The number of nitriles is 1. The van der Waals surface area contributed by atoms with Crippen LogP contribution in [-0.4, -0.2) is 25.8 Å². The summed E-state index contributed by atoms with van der Waals surface area (Å²) < 4.78 is 1.50. The van der Waals surface area contributed by atoms with Gasteiger partial charge in [0.1, 0.15) is 11.8 Å². The molecule has 1 N–H and O–H groups in total. The molecule has 0 fully saturated rings. The van der Waals surface area contributed by atoms with Crippen LogP contribution in [0.4, 0.5) is 0 Å². The number of benzene rings is 1. The lowest BCUT2D eigenvalue weighted by atomic mass is 10.2. The number of aromatic carboxylic acids is 1. The van der Waals surface area contributed by atoms with E-state index in [0.717, 1.165) is 0 Å². The first kappa shape index (κ1) is 11.9. The molecule has 6 nitrogen and oxygen atoms in total. The van der Waals surface area contributed by atoms with Crippen LogP contribution in [0.3, 0.4) is 0 Å². The molecule has 20 heavy (non-hydrogen) atoms. The first-order valence-electron chi connectivity index (χ1n) is 5.78. The monoisotopic (exact) mass is 264 g/mol. The molecule has 0 amide bonds. The van der Waals surface area contributed by atoms with Crippen molar-refractivity contribution in [1.82, 2.24) is 14.8 Å². The Morgan fingerprint density at radius 3 is 2.85 bits per heavy atom. The number of hydrogen-bond acceptors (Lipinski definition) is 4. The van der Waals surface area contributed by atoms with Crippen LogP contribution in [0.5, 0.6) is 0 Å². The highest BCUT2D eigenvalue weighted by Gasteiger charge is 2.16. The topological polar surface area (TPSA) is 91.8 Å². The summed E-state index contributed by atoms with van der Waals surface area (Å²) in [4.78, 5) is 15.1. The van der Waals surface area contributed by atoms with Crippen molar-refractivity contribution < 1.29 is 9.90 Å². The highest BCUT2D eigenvalue weighted by molar-refractivity contribution is 6.01. The van der Waals surface area contributed by atoms with Crippen LogP contribution < -0.4 is 0 Å². The SMILES string of the molecule is N#Cc1cc(-n2nc(C(=O)O)c3ccccc32)ccn1. The zero-order valence-electron chi connectivity index (χ0n) is 10.2. The highest BCUT2D eigenvalue weighted by Crippen LogP contribution is 2.22. The summed E-state index contributed by atoms with van der Waals surface area (Å²) in [5.41, 5.74) is 1.50. The van der Waals surface area contributed by atoms with E-state index < -0.39 is 5.97 Å². The number of rotatable bonds is 2. The van der Waals surface area contributed by atoms with Gasteiger partial charge in [-0.3, -0.25) is 0 Å². The standard InChI is InChI=1S/C14H8N4O2/c15-8-9-7-10(5-6-16-9)18-12-4-2-1-3-11(12)13(17-18)14(19)20/h1-7H,(H,19,20). The Hall–Kier alpha value is -3.20. The van der Waals surface area contributed by atoms with Crippen LogP contribution in [0.25, 0.3) is 16.6 Å². The van der Waals surface area contributed by atoms with Crippen LogP contribution in [-0.2, 0) is 0 Å². The Morgan fingerprint density at radius 1 is 1.30 bits per heavy atom. The molecule has 0 saturated heterocycles. The van der Waals surface area contributed by atoms with Gasteiger partial charge in [-0.2, -0.15) is 10.4 Å². The van der Waals surface area contributed by atoms with Crippen molar-refractivity contribution in [1.29, 1.82) is 5.26 Å². The molecule has 0 radical (unpaired) electrons. The first-order chi connectivity index (χ1) is 9.70. The lowest BCUT2D eigenvalue weighted by molar-refractivity contribution is 0.0692. The number of nitrogens with zero attached hydrogens (tertiary/aromatic N) is 4. The van der Waals surface area contributed by atoms with Gasteiger partial charge in [0.2, 0.25) is 0 Å². The molecule has 0 aliphatic rings. The van der Waals surface area contributed by atoms with Crippen molar-refractivity contribution in [2.24, 2.45) is 0 Å². The second-order valence-corrected chi connectivity index (χ2v) is 4.09. The lowest BCUT2D eigenvalue weighted by Crippen LogP contribution is -2.02. The van der Waals surface area contributed by atoms with Crippen molar-refractivity contribution in [2.45, 2.75) is 0 Å². The summed E-state index contributed by atoms with van der Waals surface area (Å²) in [6.07, 6.45) is 1.49. The van der Waals surface area contributed by atoms with Crippen molar-refractivity contribution in [3.63, 3.8) is 0 Å². The van der Waals surface area contributed by atoms with E-state index in [4.69, 9.17) is 5.26 Å². The van der Waals surface area contributed by atoms with Gasteiger partial charge in [0, 0.05) is 17.6 Å². The van der Waals surface area contributed by atoms with Crippen molar-refractivity contribution in [3.8, 4) is 11.8 Å². The maximum atomic E-state index is 11.2. The highest BCUT2D eigenvalue weighted by atomic mass is 16.4. The summed E-state index contributed by atoms with van der Waals surface area (Å²) in [5.74, 6) is -1.09. The average Bonchev–Trinajstić information content (AvgIpc) is 2.87. The summed E-state index contributed by atoms with van der Waals surface area (Å²) in [7, 11) is 0. The van der Waals surface area contributed by atoms with Crippen molar-refractivity contribution in [2.75, 3.05) is 0 Å². The van der Waals surface area contributed by atoms with Gasteiger partial charge in [0.25, 0.3) is 0 Å². The van der Waals surface area contributed by atoms with Gasteiger partial charge in [-0.25, -0.2) is 14.5 Å². The lowest BCUT2D eigenvalue weighted by Gasteiger charge is -2.02. The quantitative estimate of drug-likeness (QED) is 0.764. The zero-order chi connectivity index (χ0) is 14.1. The zero-order valence-corrected chi connectivity index (χ0v) is 10.2. The van der Waals surface area contributed by atoms with E-state index in [0.29, 0.717) is 16.6 Å². The number of fused-ring (bicyclic) bond motifs is 1. The Kier molecular flexibility index (Phi) is 2.66. The third kappa shape index (κ3) is 1.78. The summed E-state index contributed by atoms with van der Waals surface area (Å²) in [5, 5.41) is 22.7. The normalized spacial score (nSPS) is 10.3. The van der Waals surface area contributed by atoms with E-state index in [1.54, 1.807) is 36.4 Å². The van der Waals surface area contributed by atoms with Crippen LogP contribution in [0.2, 0.25) is 0 Å². The minimum atomic E-state index is -1.09. The Morgan fingerprint density at radius 2 is 2.10 bits per heavy atom. The molecule has 0 unspecified atom stereocenters. The number of carbonyl (C=O) groups is 1. The molecule has 0 atom stereocenters. The van der Waals surface area contributed by atoms with Crippen LogP contribution >= 0.6 is 0 Å². The van der Waals surface area contributed by atoms with E-state index >= 15 is 0 Å². The number of para-hydroxylation sites is 1. The fraction of sp³-hybridized carbons (Fsp3) is 0. The van der Waals surface area contributed by atoms with E-state index in [1.165, 1.54) is 10.9 Å². The van der Waals surface area contributed by atoms with E-state index in [-0.39, 0.29) is 11.4 Å². The number of carboxylic acids is 1. The molecular weight excluding hydrogens is 256 g/mol. The number of carboxylic acid groups (broad SMARTS) is 1. The average molecular weight is 264 g/mol. The molecular formula is C14H8N4O2. The Labute approximate surface area is 113 Å². The van der Waals surface area contributed by atoms with Crippen LogP contribution in [0.1, 0.15) is 16.2 Å². The molecule has 0 spiro atoms. The molecule has 3 rings (SSSR count). The van der Waals surface area contributed by atoms with E-state index in [9.17, 15) is 9.90 Å². The predicted molar refractivity (Wildman–Crippen MR) is 70.5 cm³/mol. The number of hydrogen-bond donors (Lipinski definition) is 1. The fourth-order valence-corrected chi connectivity index (χ4v) is 2.03. The van der Waals surface area contributed by atoms with Gasteiger partial charge in [0.15, 0.2) is 5.69 Å². The summed E-state index contributed by atoms with van der Waals surface area (Å²) in [6.45, 7) is 0. The number of aromatic nitrogens is 3. The second kappa shape index (κ2) is 4.48. The molecule has 96 valence electrons. The van der Waals surface area contributed by atoms with Crippen molar-refractivity contribution >= 4 is 16.9 Å². The van der Waals surface area contributed by atoms with E-state index in [2.05, 4.69) is 10.1 Å². The maximum Gasteiger partial charge on any atom is 0.357 e. The largest absolute Gasteiger partial charge is 0.476 e. The van der Waals surface area contributed by atoms with Gasteiger partial charge in [-0.15, -0.1) is 0 Å². The van der Waals surface area contributed by atoms with Gasteiger partial charge >= 0.3 is 5.97 Å².